The van der Waals surface area contributed by atoms with E-state index in [4.69, 9.17) is 16.7 Å². The predicted octanol–water partition coefficient (Wildman–Crippen LogP) is 2.68. The molecule has 0 saturated carbocycles. The van der Waals surface area contributed by atoms with Crippen molar-refractivity contribution in [2.24, 2.45) is 0 Å². The van der Waals surface area contributed by atoms with Gasteiger partial charge in [-0.3, -0.25) is 14.3 Å². The van der Waals surface area contributed by atoms with Gasteiger partial charge in [0.2, 0.25) is 5.91 Å². The summed E-state index contributed by atoms with van der Waals surface area (Å²) in [4.78, 5) is 23.0. The van der Waals surface area contributed by atoms with Crippen LogP contribution in [0.5, 0.6) is 0 Å². The molecule has 0 atom stereocenters. The van der Waals surface area contributed by atoms with Crippen molar-refractivity contribution in [2.45, 2.75) is 25.8 Å². The number of hydrogen-bond donors (Lipinski definition) is 2. The van der Waals surface area contributed by atoms with E-state index in [9.17, 15) is 14.0 Å². The number of benzene rings is 1. The van der Waals surface area contributed by atoms with Crippen LogP contribution in [0.2, 0.25) is 5.02 Å². The molecule has 2 aromatic rings. The topological polar surface area (TPSA) is 84.2 Å². The smallest absolute Gasteiger partial charge is 0.325 e. The lowest BCUT2D eigenvalue weighted by Crippen LogP contribution is -2.35. The van der Waals surface area contributed by atoms with Gasteiger partial charge in [-0.15, -0.1) is 0 Å². The molecule has 1 aromatic heterocycles. The van der Waals surface area contributed by atoms with Gasteiger partial charge < -0.3 is 10.4 Å². The second-order valence-electron chi connectivity index (χ2n) is 5.50. The molecule has 0 aliphatic rings. The van der Waals surface area contributed by atoms with Crippen LogP contribution in [-0.4, -0.2) is 26.8 Å². The average molecular weight is 340 g/mol. The van der Waals surface area contributed by atoms with Gasteiger partial charge in [0.15, 0.2) is 5.82 Å². The van der Waals surface area contributed by atoms with Crippen LogP contribution in [0.1, 0.15) is 19.4 Å². The maximum atomic E-state index is 14.0. The Morgan fingerprint density at radius 3 is 2.70 bits per heavy atom. The molecule has 0 fully saturated rings. The molecule has 0 saturated heterocycles. The minimum atomic E-state index is -1.16. The van der Waals surface area contributed by atoms with Gasteiger partial charge in [-0.25, -0.2) is 4.39 Å². The zero-order chi connectivity index (χ0) is 17.2. The summed E-state index contributed by atoms with van der Waals surface area (Å²) in [7, 11) is 0. The normalized spacial score (nSPS) is 11.3. The molecule has 23 heavy (non-hydrogen) atoms. The number of rotatable bonds is 5. The number of nitrogens with zero attached hydrogens (tertiary/aromatic N) is 2. The lowest BCUT2D eigenvalue weighted by atomic mass is 9.83. The van der Waals surface area contributed by atoms with Crippen molar-refractivity contribution < 1.29 is 19.1 Å². The van der Waals surface area contributed by atoms with E-state index in [-0.39, 0.29) is 22.9 Å². The molecule has 8 heteroatoms. The lowest BCUT2D eigenvalue weighted by molar-refractivity contribution is -0.137. The number of nitrogens with one attached hydrogen (secondary N) is 1. The molecule has 2 rings (SSSR count). The molecule has 0 aliphatic carbocycles. The molecule has 1 heterocycles. The summed E-state index contributed by atoms with van der Waals surface area (Å²) in [6, 6.07) is 5.58. The summed E-state index contributed by atoms with van der Waals surface area (Å²) in [5.41, 5.74) is -0.963. The van der Waals surface area contributed by atoms with Crippen LogP contribution in [0.3, 0.4) is 0 Å². The molecule has 0 radical (unpaired) electrons. The number of carboxylic acid groups (broad SMARTS) is 1. The van der Waals surface area contributed by atoms with E-state index >= 15 is 0 Å². The van der Waals surface area contributed by atoms with Gasteiger partial charge >= 0.3 is 5.97 Å². The summed E-state index contributed by atoms with van der Waals surface area (Å²) in [5.74, 6) is -1.90. The number of aliphatic carboxylic acids is 1. The Labute approximate surface area is 136 Å². The van der Waals surface area contributed by atoms with E-state index in [2.05, 4.69) is 10.4 Å². The van der Waals surface area contributed by atoms with Crippen LogP contribution < -0.4 is 5.32 Å². The van der Waals surface area contributed by atoms with E-state index in [1.54, 1.807) is 13.8 Å². The third-order valence-corrected chi connectivity index (χ3v) is 3.59. The van der Waals surface area contributed by atoms with Crippen molar-refractivity contribution >= 4 is 29.3 Å². The van der Waals surface area contributed by atoms with Crippen molar-refractivity contribution in [1.29, 1.82) is 0 Å². The summed E-state index contributed by atoms with van der Waals surface area (Å²) >= 11 is 5.72. The zero-order valence-corrected chi connectivity index (χ0v) is 13.3. The second kappa shape index (κ2) is 6.37. The Balaban J connectivity index is 2.18. The highest BCUT2D eigenvalue weighted by Crippen LogP contribution is 2.29. The number of anilines is 1. The number of hydrogen-bond acceptors (Lipinski definition) is 3. The molecule has 1 amide bonds. The summed E-state index contributed by atoms with van der Waals surface area (Å²) < 4.78 is 15.2. The molecule has 0 spiro atoms. The number of halogens is 2. The SMILES string of the molecule is CC(C)(C(=O)Nc1ccn(CC(=O)O)n1)c1ccc(Cl)cc1F. The highest BCUT2D eigenvalue weighted by Gasteiger charge is 2.33. The number of carboxylic acids is 1. The van der Waals surface area contributed by atoms with E-state index in [1.165, 1.54) is 29.1 Å². The number of amides is 1. The van der Waals surface area contributed by atoms with Crippen molar-refractivity contribution in [2.75, 3.05) is 5.32 Å². The highest BCUT2D eigenvalue weighted by molar-refractivity contribution is 6.30. The third-order valence-electron chi connectivity index (χ3n) is 3.35. The third kappa shape index (κ3) is 3.87. The summed E-state index contributed by atoms with van der Waals surface area (Å²) in [6.07, 6.45) is 1.43. The lowest BCUT2D eigenvalue weighted by Gasteiger charge is -2.24. The van der Waals surface area contributed by atoms with Crippen molar-refractivity contribution in [3.8, 4) is 0 Å². The molecule has 6 nitrogen and oxygen atoms in total. The Morgan fingerprint density at radius 2 is 2.09 bits per heavy atom. The van der Waals surface area contributed by atoms with Crippen molar-refractivity contribution in [3.63, 3.8) is 0 Å². The van der Waals surface area contributed by atoms with Gasteiger partial charge in [0.1, 0.15) is 12.4 Å². The molecule has 1 aromatic carbocycles. The monoisotopic (exact) mass is 339 g/mol. The largest absolute Gasteiger partial charge is 0.480 e. The predicted molar refractivity (Wildman–Crippen MR) is 82.9 cm³/mol. The van der Waals surface area contributed by atoms with E-state index in [0.717, 1.165) is 6.07 Å². The average Bonchev–Trinajstić information content (AvgIpc) is 2.84. The number of carbonyl (C=O) groups excluding carboxylic acids is 1. The quantitative estimate of drug-likeness (QED) is 0.877. The summed E-state index contributed by atoms with van der Waals surface area (Å²) in [6.45, 7) is 2.83. The maximum absolute atomic E-state index is 14.0. The summed E-state index contributed by atoms with van der Waals surface area (Å²) in [5, 5.41) is 15.4. The molecular formula is C15H15ClFN3O3. The van der Waals surface area contributed by atoms with Crippen molar-refractivity contribution in [1.82, 2.24) is 9.78 Å². The Kier molecular flexibility index (Phi) is 4.70. The Hall–Kier alpha value is -2.41. The van der Waals surface area contributed by atoms with Crippen LogP contribution in [0.25, 0.3) is 0 Å². The fraction of sp³-hybridized carbons (Fsp3) is 0.267. The maximum Gasteiger partial charge on any atom is 0.325 e. The molecule has 0 unspecified atom stereocenters. The van der Waals surface area contributed by atoms with Crippen LogP contribution >= 0.6 is 11.6 Å². The molecule has 122 valence electrons. The van der Waals surface area contributed by atoms with Gasteiger partial charge in [-0.05, 0) is 26.0 Å². The van der Waals surface area contributed by atoms with E-state index < -0.39 is 23.1 Å². The van der Waals surface area contributed by atoms with Crippen LogP contribution in [0, 0.1) is 5.82 Å². The molecular weight excluding hydrogens is 325 g/mol. The number of aromatic nitrogens is 2. The van der Waals surface area contributed by atoms with Crippen LogP contribution in [-0.2, 0) is 21.5 Å². The Morgan fingerprint density at radius 1 is 1.39 bits per heavy atom. The fourth-order valence-corrected chi connectivity index (χ4v) is 2.21. The van der Waals surface area contributed by atoms with Crippen molar-refractivity contribution in [3.05, 3.63) is 46.9 Å². The van der Waals surface area contributed by atoms with Crippen LogP contribution in [0.15, 0.2) is 30.5 Å². The van der Waals surface area contributed by atoms with E-state index in [0.29, 0.717) is 0 Å². The first-order chi connectivity index (χ1) is 10.7. The van der Waals surface area contributed by atoms with Gasteiger partial charge in [0.05, 0.1) is 5.41 Å². The first kappa shape index (κ1) is 17.0. The van der Waals surface area contributed by atoms with Gasteiger partial charge in [-0.2, -0.15) is 5.10 Å². The highest BCUT2D eigenvalue weighted by atomic mass is 35.5. The van der Waals surface area contributed by atoms with Gasteiger partial charge in [-0.1, -0.05) is 17.7 Å². The first-order valence-electron chi connectivity index (χ1n) is 6.72. The first-order valence-corrected chi connectivity index (χ1v) is 7.10. The minimum absolute atomic E-state index is 0.193. The fourth-order valence-electron chi connectivity index (χ4n) is 2.05. The second-order valence-corrected chi connectivity index (χ2v) is 5.93. The van der Waals surface area contributed by atoms with Crippen LogP contribution in [0.4, 0.5) is 10.2 Å². The Bertz CT molecular complexity index is 758. The van der Waals surface area contributed by atoms with Gasteiger partial charge in [0, 0.05) is 22.8 Å². The number of carbonyl (C=O) groups is 2. The molecule has 2 N–H and O–H groups in total. The minimum Gasteiger partial charge on any atom is -0.480 e. The standard InChI is InChI=1S/C15H15ClFN3O3/c1-15(2,10-4-3-9(16)7-11(10)17)14(23)18-12-5-6-20(19-12)8-13(21)22/h3-7H,8H2,1-2H3,(H,21,22)(H,18,19,23). The zero-order valence-electron chi connectivity index (χ0n) is 12.5. The van der Waals surface area contributed by atoms with Gasteiger partial charge in [0.25, 0.3) is 0 Å². The molecule has 0 bridgehead atoms. The molecule has 0 aliphatic heterocycles. The van der Waals surface area contributed by atoms with E-state index in [1.807, 2.05) is 0 Å².